The van der Waals surface area contributed by atoms with Gasteiger partial charge < -0.3 is 10.4 Å². The molecule has 1 aromatic carbocycles. The fourth-order valence-corrected chi connectivity index (χ4v) is 4.46. The van der Waals surface area contributed by atoms with E-state index < -0.39 is 5.60 Å². The second-order valence-electron chi connectivity index (χ2n) is 5.54. The molecule has 0 bridgehead atoms. The average Bonchev–Trinajstić information content (AvgIpc) is 3.00. The molecule has 1 aliphatic rings. The molecule has 3 rings (SSSR count). The van der Waals surface area contributed by atoms with Crippen molar-refractivity contribution >= 4 is 23.1 Å². The summed E-state index contributed by atoms with van der Waals surface area (Å²) in [5, 5.41) is 17.9. The molecule has 0 radical (unpaired) electrons. The lowest BCUT2D eigenvalue weighted by Gasteiger charge is -2.30. The first-order chi connectivity index (χ1) is 10.1. The number of benzene rings is 1. The number of nitrogens with one attached hydrogen (secondary N) is 1. The lowest BCUT2D eigenvalue weighted by molar-refractivity contribution is 0.0539. The highest BCUT2D eigenvalue weighted by atomic mass is 32.2. The third kappa shape index (κ3) is 3.31. The van der Waals surface area contributed by atoms with Crippen LogP contribution >= 0.6 is 23.1 Å². The summed E-state index contributed by atoms with van der Waals surface area (Å²) in [6.45, 7) is 2.27. The van der Waals surface area contributed by atoms with Crippen LogP contribution in [0.25, 0.3) is 0 Å². The first-order valence-electron chi connectivity index (χ1n) is 6.97. The lowest BCUT2D eigenvalue weighted by atomic mass is 9.97. The van der Waals surface area contributed by atoms with E-state index in [0.717, 1.165) is 28.2 Å². The van der Waals surface area contributed by atoms with Gasteiger partial charge in [0.05, 0.1) is 0 Å². The minimum absolute atomic E-state index is 0.0991. The van der Waals surface area contributed by atoms with Crippen LogP contribution in [0.15, 0.2) is 39.9 Å². The van der Waals surface area contributed by atoms with E-state index in [-0.39, 0.29) is 11.9 Å². The van der Waals surface area contributed by atoms with Crippen LogP contribution < -0.4 is 5.32 Å². The molecular formula is C16H18FNOS2. The number of thioether (sulfide) groups is 1. The van der Waals surface area contributed by atoms with E-state index in [1.807, 2.05) is 29.8 Å². The van der Waals surface area contributed by atoms with E-state index in [0.29, 0.717) is 6.54 Å². The summed E-state index contributed by atoms with van der Waals surface area (Å²) in [7, 11) is 0. The Morgan fingerprint density at radius 3 is 3.05 bits per heavy atom. The third-order valence-corrected chi connectivity index (χ3v) is 5.65. The van der Waals surface area contributed by atoms with Crippen LogP contribution in [0.2, 0.25) is 0 Å². The van der Waals surface area contributed by atoms with Gasteiger partial charge in [0.1, 0.15) is 11.4 Å². The van der Waals surface area contributed by atoms with Gasteiger partial charge in [0.2, 0.25) is 0 Å². The molecule has 2 unspecified atom stereocenters. The first-order valence-corrected chi connectivity index (χ1v) is 8.90. The number of hydrogen-bond acceptors (Lipinski definition) is 4. The van der Waals surface area contributed by atoms with Crippen molar-refractivity contribution in [3.05, 3.63) is 52.0 Å². The molecule has 21 heavy (non-hydrogen) atoms. The molecule has 0 amide bonds. The minimum Gasteiger partial charge on any atom is -0.384 e. The van der Waals surface area contributed by atoms with Crippen molar-refractivity contribution in [2.45, 2.75) is 29.9 Å². The van der Waals surface area contributed by atoms with Gasteiger partial charge in [0.15, 0.2) is 0 Å². The molecular weight excluding hydrogens is 305 g/mol. The SMILES string of the molecule is CC(O)(CNC1CCSc2ccc(F)cc21)c1ccsc1. The zero-order valence-corrected chi connectivity index (χ0v) is 13.4. The van der Waals surface area contributed by atoms with E-state index in [9.17, 15) is 9.50 Å². The van der Waals surface area contributed by atoms with Crippen LogP contribution in [-0.2, 0) is 5.60 Å². The molecule has 2 atom stereocenters. The number of aliphatic hydroxyl groups is 1. The minimum atomic E-state index is -0.905. The fraction of sp³-hybridized carbons (Fsp3) is 0.375. The largest absolute Gasteiger partial charge is 0.384 e. The van der Waals surface area contributed by atoms with Crippen molar-refractivity contribution in [1.82, 2.24) is 5.32 Å². The summed E-state index contributed by atoms with van der Waals surface area (Å²) < 4.78 is 13.5. The summed E-state index contributed by atoms with van der Waals surface area (Å²) in [5.74, 6) is 0.810. The summed E-state index contributed by atoms with van der Waals surface area (Å²) in [6.07, 6.45) is 0.945. The summed E-state index contributed by atoms with van der Waals surface area (Å²) >= 11 is 3.34. The maximum Gasteiger partial charge on any atom is 0.123 e. The highest BCUT2D eigenvalue weighted by Crippen LogP contribution is 2.37. The highest BCUT2D eigenvalue weighted by Gasteiger charge is 2.27. The molecule has 1 aliphatic heterocycles. The smallest absolute Gasteiger partial charge is 0.123 e. The Morgan fingerprint density at radius 1 is 1.43 bits per heavy atom. The third-order valence-electron chi connectivity index (χ3n) is 3.85. The van der Waals surface area contributed by atoms with Gasteiger partial charge in [-0.2, -0.15) is 11.3 Å². The van der Waals surface area contributed by atoms with E-state index in [1.165, 1.54) is 6.07 Å². The van der Waals surface area contributed by atoms with Gasteiger partial charge in [-0.1, -0.05) is 0 Å². The molecule has 112 valence electrons. The topological polar surface area (TPSA) is 32.3 Å². The van der Waals surface area contributed by atoms with E-state index in [4.69, 9.17) is 0 Å². The summed E-state index contributed by atoms with van der Waals surface area (Å²) in [6, 6.07) is 7.01. The normalized spacial score (nSPS) is 20.8. The fourth-order valence-electron chi connectivity index (χ4n) is 2.57. The van der Waals surface area contributed by atoms with E-state index in [2.05, 4.69) is 5.32 Å². The Bertz CT molecular complexity index is 613. The van der Waals surface area contributed by atoms with Crippen LogP contribution in [0.5, 0.6) is 0 Å². The van der Waals surface area contributed by atoms with Crippen LogP contribution in [0, 0.1) is 5.82 Å². The lowest BCUT2D eigenvalue weighted by Crippen LogP contribution is -2.38. The van der Waals surface area contributed by atoms with Gasteiger partial charge in [-0.25, -0.2) is 4.39 Å². The van der Waals surface area contributed by atoms with Crippen LogP contribution in [0.1, 0.15) is 30.5 Å². The van der Waals surface area contributed by atoms with Gasteiger partial charge in [-0.05, 0) is 65.2 Å². The van der Waals surface area contributed by atoms with Crippen molar-refractivity contribution in [3.63, 3.8) is 0 Å². The van der Waals surface area contributed by atoms with Crippen LogP contribution in [0.4, 0.5) is 4.39 Å². The average molecular weight is 323 g/mol. The standard InChI is InChI=1S/C16H18FNOS2/c1-16(19,11-4-6-20-9-11)10-18-14-5-7-21-15-3-2-12(17)8-13(14)15/h2-4,6,8-9,14,18-19H,5,7,10H2,1H3. The monoisotopic (exact) mass is 323 g/mol. The van der Waals surface area contributed by atoms with Crippen molar-refractivity contribution < 1.29 is 9.50 Å². The van der Waals surface area contributed by atoms with Crippen molar-refractivity contribution in [3.8, 4) is 0 Å². The Labute approximate surface area is 132 Å². The Kier molecular flexibility index (Phi) is 4.36. The second-order valence-corrected chi connectivity index (χ2v) is 7.46. The van der Waals surface area contributed by atoms with Crippen molar-refractivity contribution in [2.24, 2.45) is 0 Å². The predicted octanol–water partition coefficient (Wildman–Crippen LogP) is 3.92. The molecule has 1 aromatic heterocycles. The number of halogens is 1. The van der Waals surface area contributed by atoms with Gasteiger partial charge in [0, 0.05) is 17.5 Å². The number of hydrogen-bond donors (Lipinski definition) is 2. The van der Waals surface area contributed by atoms with Crippen molar-refractivity contribution in [2.75, 3.05) is 12.3 Å². The molecule has 0 saturated carbocycles. The Balaban J connectivity index is 1.74. The molecule has 2 aromatic rings. The predicted molar refractivity (Wildman–Crippen MR) is 86.4 cm³/mol. The summed E-state index contributed by atoms with van der Waals surface area (Å²) in [5.41, 5.74) is 1.02. The molecule has 2 nitrogen and oxygen atoms in total. The Morgan fingerprint density at radius 2 is 2.29 bits per heavy atom. The van der Waals surface area contributed by atoms with Crippen molar-refractivity contribution in [1.29, 1.82) is 0 Å². The number of fused-ring (bicyclic) bond motifs is 1. The van der Waals surface area contributed by atoms with E-state index in [1.54, 1.807) is 29.2 Å². The first kappa shape index (κ1) is 15.0. The molecule has 0 aliphatic carbocycles. The van der Waals surface area contributed by atoms with Gasteiger partial charge in [-0.15, -0.1) is 11.8 Å². The zero-order valence-electron chi connectivity index (χ0n) is 11.8. The quantitative estimate of drug-likeness (QED) is 0.894. The molecule has 2 N–H and O–H groups in total. The Hall–Kier alpha value is -0.880. The van der Waals surface area contributed by atoms with Crippen LogP contribution in [0.3, 0.4) is 0 Å². The molecule has 0 spiro atoms. The van der Waals surface area contributed by atoms with Crippen LogP contribution in [-0.4, -0.2) is 17.4 Å². The highest BCUT2D eigenvalue weighted by molar-refractivity contribution is 7.99. The van der Waals surface area contributed by atoms with Gasteiger partial charge in [-0.3, -0.25) is 0 Å². The maximum atomic E-state index is 13.5. The summed E-state index contributed by atoms with van der Waals surface area (Å²) in [4.78, 5) is 1.13. The second kappa shape index (κ2) is 6.08. The number of thiophene rings is 1. The van der Waals surface area contributed by atoms with E-state index >= 15 is 0 Å². The van der Waals surface area contributed by atoms with Gasteiger partial charge >= 0.3 is 0 Å². The number of rotatable bonds is 4. The van der Waals surface area contributed by atoms with Gasteiger partial charge in [0.25, 0.3) is 0 Å². The molecule has 0 fully saturated rings. The molecule has 5 heteroatoms. The molecule has 2 heterocycles. The molecule has 0 saturated heterocycles. The zero-order chi connectivity index (χ0) is 14.9. The maximum absolute atomic E-state index is 13.5.